The number of piperidine rings is 1. The summed E-state index contributed by atoms with van der Waals surface area (Å²) in [6, 6.07) is 8.70. The van der Waals surface area contributed by atoms with E-state index in [-0.39, 0.29) is 23.7 Å². The number of amides is 1. The van der Waals surface area contributed by atoms with Crippen molar-refractivity contribution in [2.75, 3.05) is 13.1 Å². The number of carbonyl (C=O) groups excluding carboxylic acids is 2. The van der Waals surface area contributed by atoms with E-state index in [9.17, 15) is 9.59 Å². The summed E-state index contributed by atoms with van der Waals surface area (Å²) < 4.78 is 2.34. The van der Waals surface area contributed by atoms with Crippen LogP contribution in [0.3, 0.4) is 0 Å². The van der Waals surface area contributed by atoms with Crippen LogP contribution in [0.2, 0.25) is 0 Å². The molecule has 0 aromatic heterocycles. The lowest BCUT2D eigenvalue weighted by Crippen LogP contribution is -2.46. The van der Waals surface area contributed by atoms with Crippen LogP contribution >= 0.6 is 11.9 Å². The minimum atomic E-state index is -0.350. The number of Topliss-reactive ketones (excluding diaryl/α,β-unsaturated/α-hetero) is 1. The Bertz CT molecular complexity index is 588. The fourth-order valence-corrected chi connectivity index (χ4v) is 4.60. The molecule has 2 fully saturated rings. The van der Waals surface area contributed by atoms with E-state index in [1.54, 1.807) is 11.9 Å². The minimum Gasteiger partial charge on any atom is -0.347 e. The highest BCUT2D eigenvalue weighted by molar-refractivity contribution is 7.97. The second-order valence-corrected chi connectivity index (χ2v) is 8.45. The molecular formula is C20H28N2O2S. The molecule has 0 spiro atoms. The normalized spacial score (nSPS) is 20.4. The molecule has 3 rings (SSSR count). The zero-order valence-electron chi connectivity index (χ0n) is 15.0. The van der Waals surface area contributed by atoms with Crippen molar-refractivity contribution in [3.8, 4) is 0 Å². The standard InChI is InChI=1S/C20H28N2O2S/c1-15-7-9-18(10-8-15)25-22-13-11-17(12-14-22)21-20(24)19(23)16-5-3-2-4-6-16/h7-10,16-17H,2-6,11-14H2,1H3,(H,21,24). The van der Waals surface area contributed by atoms with Crippen molar-refractivity contribution in [3.05, 3.63) is 29.8 Å². The molecule has 2 aliphatic rings. The molecule has 1 amide bonds. The molecule has 1 heterocycles. The first-order valence-corrected chi connectivity index (χ1v) is 10.2. The summed E-state index contributed by atoms with van der Waals surface area (Å²) in [5, 5.41) is 2.98. The van der Waals surface area contributed by atoms with Crippen molar-refractivity contribution < 1.29 is 9.59 Å². The molecule has 136 valence electrons. The number of hydrogen-bond acceptors (Lipinski definition) is 4. The first-order valence-electron chi connectivity index (χ1n) is 9.46. The van der Waals surface area contributed by atoms with E-state index < -0.39 is 0 Å². The lowest BCUT2D eigenvalue weighted by atomic mass is 9.86. The minimum absolute atomic E-state index is 0.0362. The van der Waals surface area contributed by atoms with Crippen molar-refractivity contribution >= 4 is 23.6 Å². The van der Waals surface area contributed by atoms with E-state index in [4.69, 9.17) is 0 Å². The highest BCUT2D eigenvalue weighted by Crippen LogP contribution is 2.27. The lowest BCUT2D eigenvalue weighted by Gasteiger charge is -2.31. The van der Waals surface area contributed by atoms with Gasteiger partial charge in [-0.15, -0.1) is 0 Å². The molecular weight excluding hydrogens is 332 g/mol. The van der Waals surface area contributed by atoms with Crippen molar-refractivity contribution in [2.24, 2.45) is 5.92 Å². The van der Waals surface area contributed by atoms with Gasteiger partial charge in [0.1, 0.15) is 0 Å². The van der Waals surface area contributed by atoms with Crippen LogP contribution in [0.4, 0.5) is 0 Å². The summed E-state index contributed by atoms with van der Waals surface area (Å²) in [6.45, 7) is 3.96. The van der Waals surface area contributed by atoms with Crippen LogP contribution in [0.25, 0.3) is 0 Å². The Labute approximate surface area is 154 Å². The van der Waals surface area contributed by atoms with Crippen LogP contribution < -0.4 is 5.32 Å². The van der Waals surface area contributed by atoms with Gasteiger partial charge < -0.3 is 5.32 Å². The Morgan fingerprint density at radius 1 is 1.00 bits per heavy atom. The van der Waals surface area contributed by atoms with Gasteiger partial charge >= 0.3 is 0 Å². The second kappa shape index (κ2) is 8.86. The van der Waals surface area contributed by atoms with Gasteiger partial charge in [-0.2, -0.15) is 0 Å². The van der Waals surface area contributed by atoms with Gasteiger partial charge in [-0.1, -0.05) is 37.0 Å². The molecule has 1 aromatic rings. The molecule has 5 heteroatoms. The number of rotatable bonds is 5. The van der Waals surface area contributed by atoms with Crippen LogP contribution in [0, 0.1) is 12.8 Å². The smallest absolute Gasteiger partial charge is 0.287 e. The Kier molecular flexibility index (Phi) is 6.54. The lowest BCUT2D eigenvalue weighted by molar-refractivity contribution is -0.141. The van der Waals surface area contributed by atoms with E-state index in [0.29, 0.717) is 0 Å². The number of nitrogens with zero attached hydrogens (tertiary/aromatic N) is 1. The monoisotopic (exact) mass is 360 g/mol. The number of hydrogen-bond donors (Lipinski definition) is 1. The summed E-state index contributed by atoms with van der Waals surface area (Å²) in [7, 11) is 0. The topological polar surface area (TPSA) is 49.4 Å². The molecule has 25 heavy (non-hydrogen) atoms. The van der Waals surface area contributed by atoms with Crippen LogP contribution in [-0.4, -0.2) is 35.1 Å². The number of aryl methyl sites for hydroxylation is 1. The number of carbonyl (C=O) groups is 2. The average Bonchev–Trinajstić information content (AvgIpc) is 2.65. The van der Waals surface area contributed by atoms with Crippen molar-refractivity contribution in [1.82, 2.24) is 9.62 Å². The molecule has 0 bridgehead atoms. The number of benzene rings is 1. The third-order valence-electron chi connectivity index (χ3n) is 5.24. The van der Waals surface area contributed by atoms with Gasteiger partial charge in [0.15, 0.2) is 0 Å². The van der Waals surface area contributed by atoms with Crippen LogP contribution in [0.5, 0.6) is 0 Å². The summed E-state index contributed by atoms with van der Waals surface area (Å²) in [6.07, 6.45) is 6.94. The molecule has 1 aliphatic heterocycles. The molecule has 1 aromatic carbocycles. The molecule has 0 unspecified atom stereocenters. The molecule has 1 aliphatic carbocycles. The zero-order chi connectivity index (χ0) is 17.6. The van der Waals surface area contributed by atoms with Gasteiger partial charge in [-0.05, 0) is 56.7 Å². The molecule has 0 radical (unpaired) electrons. The summed E-state index contributed by atoms with van der Waals surface area (Å²) in [4.78, 5) is 25.8. The van der Waals surface area contributed by atoms with Gasteiger partial charge in [-0.3, -0.25) is 9.59 Å². The zero-order valence-corrected chi connectivity index (χ0v) is 15.8. The molecule has 1 N–H and O–H groups in total. The Morgan fingerprint density at radius 2 is 1.64 bits per heavy atom. The van der Waals surface area contributed by atoms with Crippen molar-refractivity contribution in [1.29, 1.82) is 0 Å². The summed E-state index contributed by atoms with van der Waals surface area (Å²) in [5.74, 6) is -0.571. The van der Waals surface area contributed by atoms with E-state index in [0.717, 1.165) is 51.6 Å². The predicted molar refractivity (Wildman–Crippen MR) is 101 cm³/mol. The van der Waals surface area contributed by atoms with Gasteiger partial charge in [0.05, 0.1) is 0 Å². The Morgan fingerprint density at radius 3 is 2.28 bits per heavy atom. The maximum Gasteiger partial charge on any atom is 0.287 e. The van der Waals surface area contributed by atoms with E-state index in [1.807, 2.05) is 0 Å². The highest BCUT2D eigenvalue weighted by atomic mass is 32.2. The third kappa shape index (κ3) is 5.32. The van der Waals surface area contributed by atoms with E-state index in [2.05, 4.69) is 40.8 Å². The predicted octanol–water partition coefficient (Wildman–Crippen LogP) is 3.73. The molecule has 0 atom stereocenters. The van der Waals surface area contributed by atoms with Gasteiger partial charge in [-0.25, -0.2) is 4.31 Å². The first-order chi connectivity index (χ1) is 12.1. The van der Waals surface area contributed by atoms with Gasteiger partial charge in [0, 0.05) is 29.9 Å². The highest BCUT2D eigenvalue weighted by Gasteiger charge is 2.29. The SMILES string of the molecule is Cc1ccc(SN2CCC(NC(=O)C(=O)C3CCCCC3)CC2)cc1. The quantitative estimate of drug-likeness (QED) is 0.642. The summed E-state index contributed by atoms with van der Waals surface area (Å²) in [5.41, 5.74) is 1.27. The Hall–Kier alpha value is -1.33. The molecule has 1 saturated carbocycles. The van der Waals surface area contributed by atoms with Crippen molar-refractivity contribution in [3.63, 3.8) is 0 Å². The van der Waals surface area contributed by atoms with Crippen LogP contribution in [0.15, 0.2) is 29.2 Å². The first kappa shape index (κ1) is 18.5. The van der Waals surface area contributed by atoms with Gasteiger partial charge in [0.25, 0.3) is 5.91 Å². The number of ketones is 1. The molecule has 4 nitrogen and oxygen atoms in total. The number of nitrogens with one attached hydrogen (secondary N) is 1. The van der Waals surface area contributed by atoms with Gasteiger partial charge in [0.2, 0.25) is 5.78 Å². The van der Waals surface area contributed by atoms with E-state index >= 15 is 0 Å². The summed E-state index contributed by atoms with van der Waals surface area (Å²) >= 11 is 1.78. The third-order valence-corrected chi connectivity index (χ3v) is 6.35. The van der Waals surface area contributed by atoms with Crippen LogP contribution in [0.1, 0.15) is 50.5 Å². The fourth-order valence-electron chi connectivity index (χ4n) is 3.65. The molecule has 1 saturated heterocycles. The van der Waals surface area contributed by atoms with Crippen LogP contribution in [-0.2, 0) is 9.59 Å². The fraction of sp³-hybridized carbons (Fsp3) is 0.600. The maximum absolute atomic E-state index is 12.3. The van der Waals surface area contributed by atoms with E-state index in [1.165, 1.54) is 16.9 Å². The largest absolute Gasteiger partial charge is 0.347 e. The Balaban J connectivity index is 1.41. The second-order valence-electron chi connectivity index (χ2n) is 7.28. The average molecular weight is 361 g/mol. The maximum atomic E-state index is 12.3. The van der Waals surface area contributed by atoms with Crippen molar-refractivity contribution in [2.45, 2.75) is 62.8 Å².